The first-order valence-corrected chi connectivity index (χ1v) is 9.28. The molecule has 1 aromatic rings. The van der Waals surface area contributed by atoms with Crippen LogP contribution in [0.2, 0.25) is 5.02 Å². The number of hydrogen-bond acceptors (Lipinski definition) is 3. The number of nitrogens with one attached hydrogen (secondary N) is 1. The van der Waals surface area contributed by atoms with Crippen LogP contribution in [-0.2, 0) is 9.59 Å². The van der Waals surface area contributed by atoms with Crippen molar-refractivity contribution < 1.29 is 14.5 Å². The number of carbonyl (C=O) groups is 2. The third-order valence-electron chi connectivity index (χ3n) is 5.12. The Morgan fingerprint density at radius 2 is 1.68 bits per heavy atom. The predicted octanol–water partition coefficient (Wildman–Crippen LogP) is -0.264. The molecule has 136 valence electrons. The third-order valence-corrected chi connectivity index (χ3v) is 5.36. The van der Waals surface area contributed by atoms with Crippen molar-refractivity contribution >= 4 is 29.1 Å². The third kappa shape index (κ3) is 4.64. The van der Waals surface area contributed by atoms with Gasteiger partial charge in [-0.1, -0.05) is 17.7 Å². The summed E-state index contributed by atoms with van der Waals surface area (Å²) in [6.07, 6.45) is 0. The number of amides is 2. The molecular formula is C18H26ClN4O2+. The van der Waals surface area contributed by atoms with Crippen LogP contribution < -0.4 is 9.80 Å². The number of anilines is 1. The molecule has 0 aliphatic carbocycles. The first-order valence-electron chi connectivity index (χ1n) is 8.90. The lowest BCUT2D eigenvalue weighted by Crippen LogP contribution is -3.16. The Morgan fingerprint density at radius 1 is 1.04 bits per heavy atom. The van der Waals surface area contributed by atoms with Gasteiger partial charge in [0.25, 0.3) is 5.91 Å². The van der Waals surface area contributed by atoms with E-state index >= 15 is 0 Å². The van der Waals surface area contributed by atoms with Gasteiger partial charge in [-0.25, -0.2) is 0 Å². The Bertz CT molecular complexity index is 623. The average molecular weight is 366 g/mol. The second kappa shape index (κ2) is 8.06. The van der Waals surface area contributed by atoms with Gasteiger partial charge in [0.15, 0.2) is 6.54 Å². The van der Waals surface area contributed by atoms with Gasteiger partial charge in [0.1, 0.15) is 0 Å². The van der Waals surface area contributed by atoms with Crippen LogP contribution in [0.25, 0.3) is 0 Å². The minimum Gasteiger partial charge on any atom is -0.360 e. The molecule has 2 aliphatic heterocycles. The quantitative estimate of drug-likeness (QED) is 0.802. The van der Waals surface area contributed by atoms with Gasteiger partial charge in [-0.3, -0.25) is 9.59 Å². The molecule has 0 saturated carbocycles. The van der Waals surface area contributed by atoms with Crippen LogP contribution in [0.3, 0.4) is 0 Å². The molecule has 3 rings (SSSR count). The normalized spacial score (nSPS) is 19.2. The highest BCUT2D eigenvalue weighted by molar-refractivity contribution is 6.30. The fourth-order valence-electron chi connectivity index (χ4n) is 3.53. The second-order valence-electron chi connectivity index (χ2n) is 6.78. The van der Waals surface area contributed by atoms with Gasteiger partial charge in [0, 0.05) is 43.8 Å². The summed E-state index contributed by atoms with van der Waals surface area (Å²) in [5, 5.41) is 0.757. The van der Waals surface area contributed by atoms with Crippen molar-refractivity contribution in [1.82, 2.24) is 9.80 Å². The number of halogens is 1. The molecule has 2 amide bonds. The van der Waals surface area contributed by atoms with Crippen LogP contribution in [0.4, 0.5) is 5.69 Å². The maximum absolute atomic E-state index is 12.5. The Balaban J connectivity index is 1.44. The Labute approximate surface area is 153 Å². The molecule has 0 aromatic heterocycles. The number of nitrogens with zero attached hydrogens (tertiary/aromatic N) is 3. The number of piperazine rings is 2. The van der Waals surface area contributed by atoms with Gasteiger partial charge in [0.05, 0.1) is 26.2 Å². The zero-order chi connectivity index (χ0) is 17.8. The fraction of sp³-hybridized carbons (Fsp3) is 0.556. The molecule has 0 unspecified atom stereocenters. The standard InChI is InChI=1S/C18H25ClN4O2/c1-15(24)21-9-11-23(12-10-21)18(25)14-20-5-7-22(8-6-20)17-4-2-3-16(19)13-17/h2-4,13H,5-12,14H2,1H3/p+1. The molecule has 6 nitrogen and oxygen atoms in total. The molecular weight excluding hydrogens is 340 g/mol. The van der Waals surface area contributed by atoms with Crippen LogP contribution in [-0.4, -0.2) is 80.5 Å². The molecule has 2 saturated heterocycles. The van der Waals surface area contributed by atoms with Crippen LogP contribution in [0.1, 0.15) is 6.92 Å². The molecule has 2 heterocycles. The van der Waals surface area contributed by atoms with E-state index < -0.39 is 0 Å². The highest BCUT2D eigenvalue weighted by Crippen LogP contribution is 2.19. The lowest BCUT2D eigenvalue weighted by Gasteiger charge is -2.36. The molecule has 0 atom stereocenters. The van der Waals surface area contributed by atoms with Gasteiger partial charge in [-0.2, -0.15) is 0 Å². The molecule has 0 radical (unpaired) electrons. The van der Waals surface area contributed by atoms with E-state index in [9.17, 15) is 9.59 Å². The Morgan fingerprint density at radius 3 is 2.28 bits per heavy atom. The van der Waals surface area contributed by atoms with Crippen molar-refractivity contribution in [3.05, 3.63) is 29.3 Å². The number of hydrogen-bond donors (Lipinski definition) is 1. The highest BCUT2D eigenvalue weighted by Gasteiger charge is 2.27. The van der Waals surface area contributed by atoms with Gasteiger partial charge in [-0.15, -0.1) is 0 Å². The summed E-state index contributed by atoms with van der Waals surface area (Å²) in [5.74, 6) is 0.296. The van der Waals surface area contributed by atoms with Crippen LogP contribution >= 0.6 is 11.6 Å². The Kier molecular flexibility index (Phi) is 5.81. The van der Waals surface area contributed by atoms with Crippen LogP contribution in [0.15, 0.2) is 24.3 Å². The lowest BCUT2D eigenvalue weighted by atomic mass is 10.2. The summed E-state index contributed by atoms with van der Waals surface area (Å²) in [4.78, 5) is 31.2. The molecule has 0 spiro atoms. The van der Waals surface area contributed by atoms with E-state index in [1.807, 2.05) is 23.1 Å². The maximum atomic E-state index is 12.5. The van der Waals surface area contributed by atoms with Crippen LogP contribution in [0.5, 0.6) is 0 Å². The van der Waals surface area contributed by atoms with Crippen molar-refractivity contribution in [1.29, 1.82) is 0 Å². The fourth-order valence-corrected chi connectivity index (χ4v) is 3.71. The smallest absolute Gasteiger partial charge is 0.277 e. The lowest BCUT2D eigenvalue weighted by molar-refractivity contribution is -0.892. The summed E-state index contributed by atoms with van der Waals surface area (Å²) in [6, 6.07) is 7.93. The second-order valence-corrected chi connectivity index (χ2v) is 7.22. The summed E-state index contributed by atoms with van der Waals surface area (Å²) < 4.78 is 0. The molecule has 1 aromatic carbocycles. The molecule has 7 heteroatoms. The van der Waals surface area contributed by atoms with Crippen molar-refractivity contribution in [2.45, 2.75) is 6.92 Å². The van der Waals surface area contributed by atoms with Crippen molar-refractivity contribution in [3.63, 3.8) is 0 Å². The van der Waals surface area contributed by atoms with E-state index in [1.54, 1.807) is 11.8 Å². The van der Waals surface area contributed by atoms with E-state index in [0.717, 1.165) is 36.9 Å². The summed E-state index contributed by atoms with van der Waals surface area (Å²) in [5.41, 5.74) is 1.15. The highest BCUT2D eigenvalue weighted by atomic mass is 35.5. The predicted molar refractivity (Wildman–Crippen MR) is 98.1 cm³/mol. The zero-order valence-corrected chi connectivity index (χ0v) is 15.5. The largest absolute Gasteiger partial charge is 0.360 e. The van der Waals surface area contributed by atoms with Gasteiger partial charge in [-0.05, 0) is 18.2 Å². The SMILES string of the molecule is CC(=O)N1CCN(C(=O)C[NH+]2CCN(c3cccc(Cl)c3)CC2)CC1. The van der Waals surface area contributed by atoms with E-state index in [0.29, 0.717) is 32.7 Å². The molecule has 0 bridgehead atoms. The number of benzene rings is 1. The number of carbonyl (C=O) groups excluding carboxylic acids is 2. The first kappa shape index (κ1) is 18.0. The van der Waals surface area contributed by atoms with E-state index in [2.05, 4.69) is 11.0 Å². The minimum atomic E-state index is 0.0925. The van der Waals surface area contributed by atoms with Gasteiger partial charge >= 0.3 is 0 Å². The van der Waals surface area contributed by atoms with E-state index in [1.165, 1.54) is 4.90 Å². The zero-order valence-electron chi connectivity index (χ0n) is 14.7. The molecule has 1 N–H and O–H groups in total. The molecule has 2 fully saturated rings. The van der Waals surface area contributed by atoms with Gasteiger partial charge in [0.2, 0.25) is 5.91 Å². The summed E-state index contributed by atoms with van der Waals surface area (Å²) in [6.45, 7) is 8.50. The number of quaternary nitrogens is 1. The minimum absolute atomic E-state index is 0.0925. The summed E-state index contributed by atoms with van der Waals surface area (Å²) >= 11 is 6.07. The molecule has 2 aliphatic rings. The van der Waals surface area contributed by atoms with Crippen molar-refractivity contribution in [3.8, 4) is 0 Å². The first-order chi connectivity index (χ1) is 12.0. The topological polar surface area (TPSA) is 48.3 Å². The monoisotopic (exact) mass is 365 g/mol. The maximum Gasteiger partial charge on any atom is 0.277 e. The van der Waals surface area contributed by atoms with Crippen molar-refractivity contribution in [2.75, 3.05) is 63.8 Å². The van der Waals surface area contributed by atoms with E-state index in [-0.39, 0.29) is 11.8 Å². The average Bonchev–Trinajstić information content (AvgIpc) is 2.62. The van der Waals surface area contributed by atoms with Gasteiger partial charge < -0.3 is 19.6 Å². The summed E-state index contributed by atoms with van der Waals surface area (Å²) in [7, 11) is 0. The number of rotatable bonds is 3. The van der Waals surface area contributed by atoms with Crippen molar-refractivity contribution in [2.24, 2.45) is 0 Å². The van der Waals surface area contributed by atoms with E-state index in [4.69, 9.17) is 11.6 Å². The van der Waals surface area contributed by atoms with Crippen LogP contribution in [0, 0.1) is 0 Å². The Hall–Kier alpha value is -1.79. The molecule has 25 heavy (non-hydrogen) atoms.